The number of carboxylic acids is 1. The van der Waals surface area contributed by atoms with Gasteiger partial charge in [-0.2, -0.15) is 0 Å². The first-order chi connectivity index (χ1) is 15.2. The summed E-state index contributed by atoms with van der Waals surface area (Å²) in [5, 5.41) is 9.90. The highest BCUT2D eigenvalue weighted by atomic mass is 19.1. The molecule has 0 aliphatic heterocycles. The number of carboxylic acid groups (broad SMARTS) is 1. The fourth-order valence-electron chi connectivity index (χ4n) is 4.54. The van der Waals surface area contributed by atoms with Gasteiger partial charge in [-0.1, -0.05) is 33.1 Å². The minimum absolute atomic E-state index is 0.211. The Bertz CT molecular complexity index is 1260. The van der Waals surface area contributed by atoms with Crippen LogP contribution < -0.4 is 0 Å². The van der Waals surface area contributed by atoms with Crippen molar-refractivity contribution in [1.82, 2.24) is 15.0 Å². The van der Waals surface area contributed by atoms with Gasteiger partial charge in [0.15, 0.2) is 0 Å². The summed E-state index contributed by atoms with van der Waals surface area (Å²) in [4.78, 5) is 22.0. The molecule has 1 aliphatic rings. The third-order valence-electron chi connectivity index (χ3n) is 6.41. The van der Waals surface area contributed by atoms with Crippen molar-refractivity contribution in [1.29, 1.82) is 0 Å². The topological polar surface area (TPSA) is 81.8 Å². The van der Waals surface area contributed by atoms with Gasteiger partial charge < -0.3 is 15.1 Å². The van der Waals surface area contributed by atoms with Crippen molar-refractivity contribution >= 4 is 27.9 Å². The van der Waals surface area contributed by atoms with Crippen molar-refractivity contribution in [2.75, 3.05) is 0 Å². The van der Waals surface area contributed by atoms with E-state index in [-0.39, 0.29) is 11.4 Å². The first kappa shape index (κ1) is 22.1. The molecule has 5 rings (SSSR count). The van der Waals surface area contributed by atoms with Crippen LogP contribution in [0.15, 0.2) is 36.4 Å². The Morgan fingerprint density at radius 1 is 1.06 bits per heavy atom. The van der Waals surface area contributed by atoms with Crippen molar-refractivity contribution in [3.63, 3.8) is 0 Å². The fraction of sp³-hybridized carbons (Fsp3) is 0.385. The minimum atomic E-state index is -0.976. The summed E-state index contributed by atoms with van der Waals surface area (Å²) in [7, 11) is 0. The summed E-state index contributed by atoms with van der Waals surface area (Å²) in [6.07, 6.45) is 7.82. The van der Waals surface area contributed by atoms with E-state index in [1.54, 1.807) is 18.2 Å². The van der Waals surface area contributed by atoms with Crippen LogP contribution in [0.25, 0.3) is 21.9 Å². The van der Waals surface area contributed by atoms with Crippen molar-refractivity contribution in [2.24, 2.45) is 5.41 Å². The van der Waals surface area contributed by atoms with Crippen LogP contribution in [0, 0.1) is 18.2 Å². The van der Waals surface area contributed by atoms with E-state index in [1.165, 1.54) is 50.3 Å². The summed E-state index contributed by atoms with van der Waals surface area (Å²) in [5.74, 6) is -0.546. The number of aryl methyl sites for hydroxylation is 1. The highest BCUT2D eigenvalue weighted by molar-refractivity contribution is 5.92. The molecule has 0 unspecified atom stereocenters. The second-order valence-electron chi connectivity index (χ2n) is 9.54. The Balaban J connectivity index is 0.000000260. The van der Waals surface area contributed by atoms with E-state index >= 15 is 0 Å². The zero-order valence-corrected chi connectivity index (χ0v) is 18.9. The summed E-state index contributed by atoms with van der Waals surface area (Å²) >= 11 is 0. The number of nitrogens with one attached hydrogen (secondary N) is 2. The highest BCUT2D eigenvalue weighted by Gasteiger charge is 2.20. The van der Waals surface area contributed by atoms with Gasteiger partial charge in [-0.25, -0.2) is 14.2 Å². The molecule has 0 bridgehead atoms. The van der Waals surface area contributed by atoms with Gasteiger partial charge in [-0.3, -0.25) is 0 Å². The van der Waals surface area contributed by atoms with Gasteiger partial charge in [-0.05, 0) is 67.1 Å². The lowest BCUT2D eigenvalue weighted by molar-refractivity contribution is 0.0697. The number of benzene rings is 2. The van der Waals surface area contributed by atoms with Crippen LogP contribution in [0.3, 0.4) is 0 Å². The van der Waals surface area contributed by atoms with E-state index in [0.29, 0.717) is 28.7 Å². The zero-order chi connectivity index (χ0) is 22.9. The van der Waals surface area contributed by atoms with Crippen LogP contribution in [-0.4, -0.2) is 26.0 Å². The summed E-state index contributed by atoms with van der Waals surface area (Å²) in [6.45, 7) is 6.71. The van der Waals surface area contributed by atoms with Crippen LogP contribution in [-0.2, 0) is 6.42 Å². The normalized spacial score (nSPS) is 15.5. The van der Waals surface area contributed by atoms with Crippen LogP contribution in [0.5, 0.6) is 0 Å². The largest absolute Gasteiger partial charge is 0.478 e. The molecule has 1 saturated carbocycles. The second-order valence-corrected chi connectivity index (χ2v) is 9.54. The predicted octanol–water partition coefficient (Wildman–Crippen LogP) is 6.76. The number of hydrogen-bond acceptors (Lipinski definition) is 2. The molecular formula is C26H30FN3O2. The maximum Gasteiger partial charge on any atom is 0.335 e. The number of hydrogen-bond donors (Lipinski definition) is 3. The van der Waals surface area contributed by atoms with Crippen LogP contribution in [0.4, 0.5) is 4.39 Å². The third-order valence-corrected chi connectivity index (χ3v) is 6.41. The molecule has 0 radical (unpaired) electrons. The van der Waals surface area contributed by atoms with Gasteiger partial charge in [0.25, 0.3) is 0 Å². The average molecular weight is 436 g/mol. The summed E-state index contributed by atoms with van der Waals surface area (Å²) in [6, 6.07) is 9.44. The second kappa shape index (κ2) is 8.77. The van der Waals surface area contributed by atoms with Gasteiger partial charge in [0.1, 0.15) is 11.6 Å². The van der Waals surface area contributed by atoms with Gasteiger partial charge in [0, 0.05) is 23.0 Å². The van der Waals surface area contributed by atoms with E-state index in [9.17, 15) is 9.18 Å². The van der Waals surface area contributed by atoms with Crippen molar-refractivity contribution in [3.05, 3.63) is 64.9 Å². The third kappa shape index (κ3) is 4.85. The molecule has 0 atom stereocenters. The van der Waals surface area contributed by atoms with Crippen LogP contribution in [0.2, 0.25) is 0 Å². The minimum Gasteiger partial charge on any atom is -0.478 e. The predicted molar refractivity (Wildman–Crippen MR) is 126 cm³/mol. The molecule has 5 nitrogen and oxygen atoms in total. The number of carbonyl (C=O) groups is 1. The molecule has 1 aliphatic carbocycles. The Hall–Kier alpha value is -3.15. The Morgan fingerprint density at radius 3 is 2.47 bits per heavy atom. The first-order valence-corrected chi connectivity index (χ1v) is 11.2. The molecule has 168 valence electrons. The quantitative estimate of drug-likeness (QED) is 0.333. The standard InChI is InChI=1S/C18H14FN3O2.C8H16/c1-9-12(13-7-11(19)3-5-14(13)20-9)8-17-21-15-4-2-10(18(23)24)6-16(15)22-17;1-8(2)6-4-3-5-7-8/h2-7,20H,8H2,1H3,(H,21,22)(H,23,24);3-7H2,1-2H3. The lowest BCUT2D eigenvalue weighted by Crippen LogP contribution is -2.14. The molecule has 2 aromatic heterocycles. The van der Waals surface area contributed by atoms with Gasteiger partial charge in [-0.15, -0.1) is 0 Å². The maximum absolute atomic E-state index is 13.6. The molecule has 4 aromatic rings. The number of fused-ring (bicyclic) bond motifs is 2. The zero-order valence-electron chi connectivity index (χ0n) is 18.9. The van der Waals surface area contributed by atoms with E-state index in [4.69, 9.17) is 5.11 Å². The molecule has 2 aromatic carbocycles. The number of rotatable bonds is 3. The monoisotopic (exact) mass is 435 g/mol. The molecular weight excluding hydrogens is 405 g/mol. The van der Waals surface area contributed by atoms with Crippen molar-refractivity contribution < 1.29 is 14.3 Å². The van der Waals surface area contributed by atoms with E-state index in [0.717, 1.165) is 22.2 Å². The van der Waals surface area contributed by atoms with Gasteiger partial charge >= 0.3 is 5.97 Å². The number of aromatic amines is 2. The summed E-state index contributed by atoms with van der Waals surface area (Å²) in [5.41, 5.74) is 5.09. The van der Waals surface area contributed by atoms with Crippen LogP contribution >= 0.6 is 0 Å². The first-order valence-electron chi connectivity index (χ1n) is 11.2. The van der Waals surface area contributed by atoms with Crippen molar-refractivity contribution in [2.45, 2.75) is 59.3 Å². The number of aromatic nitrogens is 3. The Morgan fingerprint density at radius 2 is 1.81 bits per heavy atom. The lowest BCUT2D eigenvalue weighted by Gasteiger charge is -2.28. The van der Waals surface area contributed by atoms with E-state index in [1.807, 2.05) is 6.92 Å². The Kier molecular flexibility index (Phi) is 6.04. The van der Waals surface area contributed by atoms with Gasteiger partial charge in [0.2, 0.25) is 0 Å². The van der Waals surface area contributed by atoms with E-state index in [2.05, 4.69) is 28.8 Å². The molecule has 1 fully saturated rings. The molecule has 6 heteroatoms. The molecule has 32 heavy (non-hydrogen) atoms. The van der Waals surface area contributed by atoms with Crippen LogP contribution in [0.1, 0.15) is 73.4 Å². The van der Waals surface area contributed by atoms with E-state index < -0.39 is 5.97 Å². The fourth-order valence-corrected chi connectivity index (χ4v) is 4.54. The average Bonchev–Trinajstić information content (AvgIpc) is 3.28. The van der Waals surface area contributed by atoms with Gasteiger partial charge in [0.05, 0.1) is 16.6 Å². The maximum atomic E-state index is 13.6. The summed E-state index contributed by atoms with van der Waals surface area (Å²) < 4.78 is 13.6. The smallest absolute Gasteiger partial charge is 0.335 e. The number of halogens is 1. The number of imidazole rings is 1. The molecule has 0 spiro atoms. The number of aromatic carboxylic acids is 1. The number of nitrogens with zero attached hydrogens (tertiary/aromatic N) is 1. The molecule has 0 amide bonds. The molecule has 3 N–H and O–H groups in total. The SMILES string of the molecule is CC1(C)CCCCC1.Cc1[nH]c2ccc(F)cc2c1Cc1nc2ccc(C(=O)O)cc2[nH]1. The Labute approximate surface area is 187 Å². The van der Waals surface area contributed by atoms with Crippen molar-refractivity contribution in [3.8, 4) is 0 Å². The molecule has 2 heterocycles. The highest BCUT2D eigenvalue weighted by Crippen LogP contribution is 2.34. The molecule has 0 saturated heterocycles. The number of H-pyrrole nitrogens is 2. The lowest BCUT2D eigenvalue weighted by atomic mass is 9.78.